The van der Waals surface area contributed by atoms with Crippen LogP contribution in [0.25, 0.3) is 0 Å². The van der Waals surface area contributed by atoms with Crippen LogP contribution in [0, 0.1) is 0 Å². The molecule has 0 spiro atoms. The number of carbonyl (C=O) groups excluding carboxylic acids is 2. The van der Waals surface area contributed by atoms with Gasteiger partial charge < -0.3 is 9.47 Å². The zero-order valence-electron chi connectivity index (χ0n) is 15.7. The van der Waals surface area contributed by atoms with Gasteiger partial charge in [-0.2, -0.15) is 10.2 Å². The van der Waals surface area contributed by atoms with Gasteiger partial charge in [0.15, 0.2) is 0 Å². The Morgan fingerprint density at radius 1 is 0.750 bits per heavy atom. The topological polar surface area (TPSA) is 101 Å². The minimum absolute atomic E-state index is 0.583. The Morgan fingerprint density at radius 2 is 1.11 bits per heavy atom. The lowest BCUT2D eigenvalue weighted by Gasteiger charge is -2.02. The van der Waals surface area contributed by atoms with E-state index in [1.807, 2.05) is 13.8 Å². The Kier molecular flexibility index (Phi) is 8.19. The minimum atomic E-state index is -0.925. The van der Waals surface area contributed by atoms with Crippen molar-refractivity contribution in [2.45, 2.75) is 13.8 Å². The van der Waals surface area contributed by atoms with Crippen molar-refractivity contribution in [1.29, 1.82) is 0 Å². The van der Waals surface area contributed by atoms with Crippen molar-refractivity contribution in [2.24, 2.45) is 10.2 Å². The third-order valence-electron chi connectivity index (χ3n) is 3.35. The van der Waals surface area contributed by atoms with Gasteiger partial charge in [-0.25, -0.2) is 10.9 Å². The van der Waals surface area contributed by atoms with Crippen LogP contribution in [0.5, 0.6) is 11.5 Å². The Balaban J connectivity index is 1.78. The highest BCUT2D eigenvalue weighted by molar-refractivity contribution is 6.35. The molecule has 0 fully saturated rings. The van der Waals surface area contributed by atoms with Gasteiger partial charge in [-0.1, -0.05) is 0 Å². The van der Waals surface area contributed by atoms with Crippen molar-refractivity contribution < 1.29 is 19.1 Å². The van der Waals surface area contributed by atoms with Gasteiger partial charge in [-0.3, -0.25) is 9.59 Å². The molecule has 0 aliphatic rings. The summed E-state index contributed by atoms with van der Waals surface area (Å²) in [5.41, 5.74) is 5.77. The van der Waals surface area contributed by atoms with Gasteiger partial charge in [0.05, 0.1) is 25.6 Å². The Hall–Kier alpha value is -3.68. The smallest absolute Gasteiger partial charge is 0.331 e. The number of nitrogens with zero attached hydrogens (tertiary/aromatic N) is 2. The second kappa shape index (κ2) is 11.1. The average molecular weight is 382 g/mol. The van der Waals surface area contributed by atoms with Gasteiger partial charge in [0.25, 0.3) is 0 Å². The lowest BCUT2D eigenvalue weighted by Crippen LogP contribution is -2.35. The second-order valence-electron chi connectivity index (χ2n) is 5.40. The maximum atomic E-state index is 11.7. The molecule has 8 nitrogen and oxygen atoms in total. The highest BCUT2D eigenvalue weighted by atomic mass is 16.5. The van der Waals surface area contributed by atoms with E-state index in [4.69, 9.17) is 9.47 Å². The minimum Gasteiger partial charge on any atom is -0.494 e. The predicted octanol–water partition coefficient (Wildman–Crippen LogP) is 2.08. The summed E-state index contributed by atoms with van der Waals surface area (Å²) in [5.74, 6) is -0.362. The Labute approximate surface area is 163 Å². The average Bonchev–Trinajstić information content (AvgIpc) is 2.71. The fraction of sp³-hybridized carbons (Fsp3) is 0.200. The molecule has 2 aromatic carbocycles. The third-order valence-corrected chi connectivity index (χ3v) is 3.35. The highest BCUT2D eigenvalue weighted by Crippen LogP contribution is 2.11. The number of hydrogen-bond acceptors (Lipinski definition) is 6. The van der Waals surface area contributed by atoms with Crippen LogP contribution in [0.3, 0.4) is 0 Å². The number of ether oxygens (including phenoxy) is 2. The van der Waals surface area contributed by atoms with Crippen molar-refractivity contribution in [3.8, 4) is 11.5 Å². The molecule has 0 saturated heterocycles. The van der Waals surface area contributed by atoms with Gasteiger partial charge in [0, 0.05) is 0 Å². The largest absolute Gasteiger partial charge is 0.494 e. The summed E-state index contributed by atoms with van der Waals surface area (Å²) in [6.45, 7) is 4.97. The third kappa shape index (κ3) is 6.91. The fourth-order valence-electron chi connectivity index (χ4n) is 2.07. The maximum absolute atomic E-state index is 11.7. The van der Waals surface area contributed by atoms with Crippen molar-refractivity contribution >= 4 is 24.2 Å². The Morgan fingerprint density at radius 3 is 1.43 bits per heavy atom. The summed E-state index contributed by atoms with van der Waals surface area (Å²) < 4.78 is 10.7. The molecule has 0 saturated carbocycles. The zero-order chi connectivity index (χ0) is 20.2. The molecule has 0 aromatic heterocycles. The van der Waals surface area contributed by atoms with Crippen LogP contribution in [-0.2, 0) is 9.59 Å². The molecule has 146 valence electrons. The van der Waals surface area contributed by atoms with Gasteiger partial charge in [-0.15, -0.1) is 0 Å². The quantitative estimate of drug-likeness (QED) is 0.415. The van der Waals surface area contributed by atoms with E-state index in [0.29, 0.717) is 13.2 Å². The summed E-state index contributed by atoms with van der Waals surface area (Å²) in [6.07, 6.45) is 2.84. The van der Waals surface area contributed by atoms with Gasteiger partial charge in [0.1, 0.15) is 11.5 Å². The van der Waals surface area contributed by atoms with Crippen LogP contribution >= 0.6 is 0 Å². The first-order chi connectivity index (χ1) is 13.6. The molecule has 2 amide bonds. The molecule has 28 heavy (non-hydrogen) atoms. The van der Waals surface area contributed by atoms with E-state index in [0.717, 1.165) is 22.6 Å². The lowest BCUT2D eigenvalue weighted by atomic mass is 10.2. The number of hydrogen-bond donors (Lipinski definition) is 2. The number of carbonyl (C=O) groups is 2. The van der Waals surface area contributed by atoms with Gasteiger partial charge >= 0.3 is 11.8 Å². The standard InChI is InChI=1S/C20H22N4O4/c1-3-27-17-9-5-15(6-10-17)13-21-23-19(25)20(26)24-22-14-16-7-11-18(12-8-16)28-4-2/h5-14H,3-4H2,1-2H3,(H,23,25)(H,24,26)/b21-13+,22-14+. The molecule has 0 radical (unpaired) electrons. The maximum Gasteiger partial charge on any atom is 0.331 e. The molecule has 0 aliphatic carbocycles. The molecule has 2 N–H and O–H groups in total. The van der Waals surface area contributed by atoms with Crippen molar-refractivity contribution in [1.82, 2.24) is 10.9 Å². The molecule has 0 atom stereocenters. The number of nitrogens with one attached hydrogen (secondary N) is 2. The summed E-state index contributed by atoms with van der Waals surface area (Å²) in [4.78, 5) is 23.4. The highest BCUT2D eigenvalue weighted by Gasteiger charge is 2.10. The molecule has 0 unspecified atom stereocenters. The zero-order valence-corrected chi connectivity index (χ0v) is 15.7. The molecule has 2 rings (SSSR count). The molecule has 0 aliphatic heterocycles. The molecular weight excluding hydrogens is 360 g/mol. The predicted molar refractivity (Wildman–Crippen MR) is 107 cm³/mol. The van der Waals surface area contributed by atoms with E-state index in [9.17, 15) is 9.59 Å². The number of rotatable bonds is 8. The summed E-state index contributed by atoms with van der Waals surface area (Å²) in [5, 5.41) is 7.48. The first-order valence-electron chi connectivity index (χ1n) is 8.74. The second-order valence-corrected chi connectivity index (χ2v) is 5.40. The first-order valence-corrected chi connectivity index (χ1v) is 8.74. The van der Waals surface area contributed by atoms with E-state index in [1.54, 1.807) is 48.5 Å². The van der Waals surface area contributed by atoms with Gasteiger partial charge in [0.2, 0.25) is 0 Å². The fourth-order valence-corrected chi connectivity index (χ4v) is 2.07. The summed E-state index contributed by atoms with van der Waals surface area (Å²) in [7, 11) is 0. The van der Waals surface area contributed by atoms with Crippen molar-refractivity contribution in [3.05, 3.63) is 59.7 Å². The Bertz CT molecular complexity index is 759. The van der Waals surface area contributed by atoms with Crippen LogP contribution in [0.4, 0.5) is 0 Å². The SMILES string of the molecule is CCOc1ccc(/C=N/NC(=O)C(=O)N/N=C/c2ccc(OCC)cc2)cc1. The van der Waals surface area contributed by atoms with E-state index in [1.165, 1.54) is 12.4 Å². The van der Waals surface area contributed by atoms with E-state index in [-0.39, 0.29) is 0 Å². The molecule has 0 heterocycles. The monoisotopic (exact) mass is 382 g/mol. The van der Waals surface area contributed by atoms with Crippen LogP contribution in [0.1, 0.15) is 25.0 Å². The van der Waals surface area contributed by atoms with Crippen LogP contribution in [0.15, 0.2) is 58.7 Å². The van der Waals surface area contributed by atoms with Crippen LogP contribution < -0.4 is 20.3 Å². The first kappa shape index (κ1) is 20.6. The van der Waals surface area contributed by atoms with Crippen LogP contribution in [-0.4, -0.2) is 37.5 Å². The van der Waals surface area contributed by atoms with Gasteiger partial charge in [-0.05, 0) is 73.5 Å². The van der Waals surface area contributed by atoms with E-state index < -0.39 is 11.8 Å². The van der Waals surface area contributed by atoms with Crippen molar-refractivity contribution in [2.75, 3.05) is 13.2 Å². The van der Waals surface area contributed by atoms with E-state index >= 15 is 0 Å². The van der Waals surface area contributed by atoms with Crippen LogP contribution in [0.2, 0.25) is 0 Å². The lowest BCUT2D eigenvalue weighted by molar-refractivity contribution is -0.139. The molecule has 0 bridgehead atoms. The summed E-state index contributed by atoms with van der Waals surface area (Å²) >= 11 is 0. The summed E-state index contributed by atoms with van der Waals surface area (Å²) in [6, 6.07) is 14.3. The molecular formula is C20H22N4O4. The molecule has 8 heteroatoms. The number of hydrazone groups is 2. The normalized spacial score (nSPS) is 10.8. The van der Waals surface area contributed by atoms with E-state index in [2.05, 4.69) is 21.1 Å². The van der Waals surface area contributed by atoms with Crippen molar-refractivity contribution in [3.63, 3.8) is 0 Å². The molecule has 2 aromatic rings. The number of benzene rings is 2. The number of amides is 2.